The van der Waals surface area contributed by atoms with E-state index in [1.807, 2.05) is 23.0 Å². The molecular weight excluding hydrogens is 224 g/mol. The zero-order chi connectivity index (χ0) is 13.2. The lowest BCUT2D eigenvalue weighted by Gasteiger charge is -2.19. The highest BCUT2D eigenvalue weighted by Crippen LogP contribution is 2.09. The van der Waals surface area contributed by atoms with Crippen LogP contribution in [0.1, 0.15) is 32.0 Å². The summed E-state index contributed by atoms with van der Waals surface area (Å²) in [6.07, 6.45) is 1.97. The summed E-state index contributed by atoms with van der Waals surface area (Å²) in [7, 11) is 0. The van der Waals surface area contributed by atoms with Crippen LogP contribution in [0, 0.1) is 6.92 Å². The number of nitrogens with zero attached hydrogens (tertiary/aromatic N) is 3. The summed E-state index contributed by atoms with van der Waals surface area (Å²) in [5.41, 5.74) is 3.31. The fourth-order valence-electron chi connectivity index (χ4n) is 1.63. The second-order valence-electron chi connectivity index (χ2n) is 5.60. The molecule has 0 atom stereocenters. The van der Waals surface area contributed by atoms with Crippen LogP contribution in [0.4, 0.5) is 0 Å². The fraction of sp³-hybridized carbons (Fsp3) is 0.429. The van der Waals surface area contributed by atoms with Gasteiger partial charge in [0, 0.05) is 12.1 Å². The largest absolute Gasteiger partial charge is 0.306 e. The lowest BCUT2D eigenvalue weighted by atomic mass is 10.1. The van der Waals surface area contributed by atoms with E-state index in [4.69, 9.17) is 0 Å². The Hall–Kier alpha value is -1.68. The minimum absolute atomic E-state index is 0.0904. The van der Waals surface area contributed by atoms with Crippen molar-refractivity contribution in [1.29, 1.82) is 0 Å². The number of hydrogen-bond acceptors (Lipinski definition) is 3. The molecule has 0 saturated heterocycles. The average Bonchev–Trinajstić information content (AvgIpc) is 2.74. The van der Waals surface area contributed by atoms with E-state index < -0.39 is 0 Å². The Morgan fingerprint density at radius 3 is 2.72 bits per heavy atom. The van der Waals surface area contributed by atoms with Crippen LogP contribution in [-0.2, 0) is 6.54 Å². The first-order valence-electron chi connectivity index (χ1n) is 6.17. The molecule has 0 aliphatic heterocycles. The van der Waals surface area contributed by atoms with Gasteiger partial charge >= 0.3 is 0 Å². The van der Waals surface area contributed by atoms with Crippen LogP contribution in [0.2, 0.25) is 0 Å². The molecule has 2 aromatic rings. The van der Waals surface area contributed by atoms with Crippen molar-refractivity contribution in [3.63, 3.8) is 0 Å². The van der Waals surface area contributed by atoms with Gasteiger partial charge in [0.05, 0.1) is 17.6 Å². The number of hydrogen-bond donors (Lipinski definition) is 1. The molecule has 0 fully saturated rings. The molecule has 4 heteroatoms. The van der Waals surface area contributed by atoms with Gasteiger partial charge < -0.3 is 5.32 Å². The van der Waals surface area contributed by atoms with E-state index >= 15 is 0 Å². The molecule has 0 aliphatic carbocycles. The first-order chi connectivity index (χ1) is 8.44. The molecule has 0 radical (unpaired) electrons. The van der Waals surface area contributed by atoms with Crippen LogP contribution in [0.25, 0.3) is 5.69 Å². The minimum atomic E-state index is 0.0904. The van der Waals surface area contributed by atoms with Crippen molar-refractivity contribution < 1.29 is 0 Å². The smallest absolute Gasteiger partial charge is 0.0969 e. The number of rotatable bonds is 3. The topological polar surface area (TPSA) is 42.7 Å². The molecule has 0 spiro atoms. The summed E-state index contributed by atoms with van der Waals surface area (Å²) in [4.78, 5) is 0. The van der Waals surface area contributed by atoms with Gasteiger partial charge in [0.2, 0.25) is 0 Å². The summed E-state index contributed by atoms with van der Waals surface area (Å²) >= 11 is 0. The summed E-state index contributed by atoms with van der Waals surface area (Å²) in [6.45, 7) is 9.21. The monoisotopic (exact) mass is 244 g/mol. The molecule has 0 saturated carbocycles. The molecule has 1 aromatic heterocycles. The number of nitrogens with one attached hydrogen (secondary N) is 1. The number of aromatic nitrogens is 3. The van der Waals surface area contributed by atoms with Crippen molar-refractivity contribution in [2.45, 2.75) is 39.8 Å². The molecule has 0 bridgehead atoms. The quantitative estimate of drug-likeness (QED) is 0.902. The van der Waals surface area contributed by atoms with Gasteiger partial charge in [0.1, 0.15) is 0 Å². The van der Waals surface area contributed by atoms with E-state index in [-0.39, 0.29) is 5.54 Å². The van der Waals surface area contributed by atoms with Gasteiger partial charge in [-0.1, -0.05) is 17.3 Å². The molecule has 1 N–H and O–H groups in total. The molecule has 4 nitrogen and oxygen atoms in total. The maximum absolute atomic E-state index is 4.18. The minimum Gasteiger partial charge on any atom is -0.306 e. The summed E-state index contributed by atoms with van der Waals surface area (Å²) < 4.78 is 1.81. The van der Waals surface area contributed by atoms with E-state index in [1.165, 1.54) is 5.56 Å². The van der Waals surface area contributed by atoms with Crippen LogP contribution in [0.15, 0.2) is 30.5 Å². The van der Waals surface area contributed by atoms with E-state index in [1.54, 1.807) is 0 Å². The highest BCUT2D eigenvalue weighted by atomic mass is 15.4. The van der Waals surface area contributed by atoms with Gasteiger partial charge in [-0.15, -0.1) is 5.10 Å². The third-order valence-electron chi connectivity index (χ3n) is 2.61. The lowest BCUT2D eigenvalue weighted by Crippen LogP contribution is -2.35. The van der Waals surface area contributed by atoms with Gasteiger partial charge in [-0.05, 0) is 45.4 Å². The van der Waals surface area contributed by atoms with Gasteiger partial charge in [-0.3, -0.25) is 0 Å². The Kier molecular flexibility index (Phi) is 3.48. The van der Waals surface area contributed by atoms with Crippen molar-refractivity contribution in [2.24, 2.45) is 0 Å². The van der Waals surface area contributed by atoms with E-state index in [0.717, 1.165) is 17.9 Å². The molecule has 0 amide bonds. The number of benzene rings is 1. The van der Waals surface area contributed by atoms with Crippen molar-refractivity contribution in [3.05, 3.63) is 41.7 Å². The molecule has 0 aliphatic rings. The standard InChI is InChI=1S/C14H20N4/c1-11-6-5-7-13(8-11)18-10-12(16-17-18)9-15-14(2,3)4/h5-8,10,15H,9H2,1-4H3. The molecular formula is C14H20N4. The highest BCUT2D eigenvalue weighted by Gasteiger charge is 2.10. The third-order valence-corrected chi connectivity index (χ3v) is 2.61. The maximum atomic E-state index is 4.18. The first kappa shape index (κ1) is 12.8. The number of aryl methyl sites for hydroxylation is 1. The highest BCUT2D eigenvalue weighted by molar-refractivity contribution is 5.34. The summed E-state index contributed by atoms with van der Waals surface area (Å²) in [6, 6.07) is 8.22. The molecule has 1 heterocycles. The second kappa shape index (κ2) is 4.90. The van der Waals surface area contributed by atoms with Crippen LogP contribution in [0.5, 0.6) is 0 Å². The normalized spacial score (nSPS) is 11.8. The predicted octanol–water partition coefficient (Wildman–Crippen LogP) is 2.46. The van der Waals surface area contributed by atoms with Crippen LogP contribution in [-0.4, -0.2) is 20.5 Å². The molecule has 0 unspecified atom stereocenters. The van der Waals surface area contributed by atoms with Gasteiger partial charge in [0.25, 0.3) is 0 Å². The molecule has 2 rings (SSSR count). The van der Waals surface area contributed by atoms with Crippen LogP contribution < -0.4 is 5.32 Å². The fourth-order valence-corrected chi connectivity index (χ4v) is 1.63. The van der Waals surface area contributed by atoms with Crippen molar-refractivity contribution in [2.75, 3.05) is 0 Å². The van der Waals surface area contributed by atoms with E-state index in [9.17, 15) is 0 Å². The SMILES string of the molecule is Cc1cccc(-n2cc(CNC(C)(C)C)nn2)c1. The Morgan fingerprint density at radius 1 is 1.28 bits per heavy atom. The average molecular weight is 244 g/mol. The predicted molar refractivity (Wildman–Crippen MR) is 72.7 cm³/mol. The van der Waals surface area contributed by atoms with Crippen molar-refractivity contribution in [1.82, 2.24) is 20.3 Å². The molecule has 18 heavy (non-hydrogen) atoms. The Bertz CT molecular complexity index is 523. The maximum Gasteiger partial charge on any atom is 0.0969 e. The van der Waals surface area contributed by atoms with Crippen LogP contribution >= 0.6 is 0 Å². The first-order valence-corrected chi connectivity index (χ1v) is 6.17. The summed E-state index contributed by atoms with van der Waals surface area (Å²) in [5, 5.41) is 11.7. The molecule has 96 valence electrons. The second-order valence-corrected chi connectivity index (χ2v) is 5.60. The summed E-state index contributed by atoms with van der Waals surface area (Å²) in [5.74, 6) is 0. The Morgan fingerprint density at radius 2 is 2.06 bits per heavy atom. The Labute approximate surface area is 108 Å². The third kappa shape index (κ3) is 3.40. The zero-order valence-electron chi connectivity index (χ0n) is 11.4. The van der Waals surface area contributed by atoms with Crippen molar-refractivity contribution in [3.8, 4) is 5.69 Å². The zero-order valence-corrected chi connectivity index (χ0v) is 11.4. The van der Waals surface area contributed by atoms with Gasteiger partial charge in [-0.2, -0.15) is 0 Å². The van der Waals surface area contributed by atoms with Gasteiger partial charge in [0.15, 0.2) is 0 Å². The van der Waals surface area contributed by atoms with Crippen LogP contribution in [0.3, 0.4) is 0 Å². The van der Waals surface area contributed by atoms with Gasteiger partial charge in [-0.25, -0.2) is 4.68 Å². The van der Waals surface area contributed by atoms with Crippen molar-refractivity contribution >= 4 is 0 Å². The van der Waals surface area contributed by atoms with E-state index in [0.29, 0.717) is 0 Å². The lowest BCUT2D eigenvalue weighted by molar-refractivity contribution is 0.421. The van der Waals surface area contributed by atoms with E-state index in [2.05, 4.69) is 55.5 Å². The Balaban J connectivity index is 2.11. The molecule has 1 aromatic carbocycles.